The molecule has 0 bridgehead atoms. The van der Waals surface area contributed by atoms with Crippen molar-refractivity contribution in [2.24, 2.45) is 5.41 Å². The van der Waals surface area contributed by atoms with E-state index >= 15 is 0 Å². The SMILES string of the molecule is CCOC(=O)C(CC)(CO)COCSCc1c(OC)cc(C)cc1OC.O=C=O. The number of ether oxygens (including phenoxy) is 4. The summed E-state index contributed by atoms with van der Waals surface area (Å²) in [6, 6.07) is 3.93. The molecule has 164 valence electrons. The van der Waals surface area contributed by atoms with Crippen molar-refractivity contribution in [3.63, 3.8) is 0 Å². The summed E-state index contributed by atoms with van der Waals surface area (Å²) in [5.74, 6) is 2.15. The molecule has 0 spiro atoms. The lowest BCUT2D eigenvalue weighted by molar-refractivity contribution is -0.191. The lowest BCUT2D eigenvalue weighted by atomic mass is 9.87. The molecule has 0 fully saturated rings. The van der Waals surface area contributed by atoms with Crippen LogP contribution in [0.5, 0.6) is 11.5 Å². The van der Waals surface area contributed by atoms with Crippen LogP contribution in [0.15, 0.2) is 12.1 Å². The standard InChI is InChI=1S/C19H30O6S.CO2/c1-6-19(11-20,18(21)25-7-2)12-24-13-26-10-15-16(22-4)8-14(3)9-17(15)23-5;2-1-3/h8-9,20H,6-7,10-13H2,1-5H3;. The molecular formula is C20H30O8S. The highest BCUT2D eigenvalue weighted by Crippen LogP contribution is 2.34. The van der Waals surface area contributed by atoms with E-state index in [0.29, 0.717) is 18.1 Å². The van der Waals surface area contributed by atoms with Crippen LogP contribution in [0.4, 0.5) is 0 Å². The first kappa shape index (κ1) is 26.9. The molecule has 1 aromatic rings. The van der Waals surface area contributed by atoms with Gasteiger partial charge in [0, 0.05) is 11.3 Å². The number of thioether (sulfide) groups is 1. The highest BCUT2D eigenvalue weighted by atomic mass is 32.2. The lowest BCUT2D eigenvalue weighted by Crippen LogP contribution is -2.40. The van der Waals surface area contributed by atoms with Crippen LogP contribution in [0.25, 0.3) is 0 Å². The van der Waals surface area contributed by atoms with Crippen LogP contribution in [-0.2, 0) is 29.6 Å². The summed E-state index contributed by atoms with van der Waals surface area (Å²) in [6.07, 6.45) is 0.701. The normalized spacial score (nSPS) is 12.1. The maximum atomic E-state index is 12.1. The largest absolute Gasteiger partial charge is 0.496 e. The number of carbonyl (C=O) groups excluding carboxylic acids is 3. The summed E-state index contributed by atoms with van der Waals surface area (Å²) in [7, 11) is 3.27. The summed E-state index contributed by atoms with van der Waals surface area (Å²) in [5.41, 5.74) is 1.02. The lowest BCUT2D eigenvalue weighted by Gasteiger charge is -2.27. The Labute approximate surface area is 175 Å². The van der Waals surface area contributed by atoms with Gasteiger partial charge in [-0.2, -0.15) is 9.59 Å². The van der Waals surface area contributed by atoms with E-state index in [1.54, 1.807) is 32.9 Å². The Morgan fingerprint density at radius 3 is 2.14 bits per heavy atom. The van der Waals surface area contributed by atoms with E-state index in [1.807, 2.05) is 26.0 Å². The number of aliphatic hydroxyl groups is 1. The summed E-state index contributed by atoms with van der Waals surface area (Å²) >= 11 is 1.54. The zero-order valence-corrected chi connectivity index (χ0v) is 18.4. The smallest absolute Gasteiger partial charge is 0.373 e. The highest BCUT2D eigenvalue weighted by molar-refractivity contribution is 7.98. The zero-order valence-electron chi connectivity index (χ0n) is 17.6. The molecule has 1 atom stereocenters. The number of aliphatic hydroxyl groups excluding tert-OH is 1. The minimum Gasteiger partial charge on any atom is -0.496 e. The van der Waals surface area contributed by atoms with Gasteiger partial charge in [-0.3, -0.25) is 4.79 Å². The van der Waals surface area contributed by atoms with Crippen LogP contribution in [0, 0.1) is 12.3 Å². The van der Waals surface area contributed by atoms with Crippen molar-refractivity contribution < 1.29 is 38.4 Å². The summed E-state index contributed by atoms with van der Waals surface area (Å²) in [4.78, 5) is 28.4. The average Bonchev–Trinajstić information content (AvgIpc) is 2.72. The fourth-order valence-electron chi connectivity index (χ4n) is 2.51. The Morgan fingerprint density at radius 2 is 1.72 bits per heavy atom. The number of hydrogen-bond donors (Lipinski definition) is 1. The number of carbonyl (C=O) groups is 1. The van der Waals surface area contributed by atoms with Gasteiger partial charge in [0.2, 0.25) is 0 Å². The fraction of sp³-hybridized carbons (Fsp3) is 0.600. The van der Waals surface area contributed by atoms with Crippen molar-refractivity contribution in [2.75, 3.05) is 40.0 Å². The molecule has 0 aromatic heterocycles. The second kappa shape index (κ2) is 14.9. The van der Waals surface area contributed by atoms with Crippen LogP contribution >= 0.6 is 11.8 Å². The first-order valence-electron chi connectivity index (χ1n) is 9.03. The van der Waals surface area contributed by atoms with Crippen molar-refractivity contribution >= 4 is 23.9 Å². The summed E-state index contributed by atoms with van der Waals surface area (Å²) in [5, 5.41) is 9.65. The number of benzene rings is 1. The van der Waals surface area contributed by atoms with Gasteiger partial charge < -0.3 is 24.1 Å². The number of hydrogen-bond acceptors (Lipinski definition) is 9. The first-order valence-corrected chi connectivity index (χ1v) is 10.2. The molecule has 0 radical (unpaired) electrons. The number of methoxy groups -OCH3 is 2. The quantitative estimate of drug-likeness (QED) is 0.304. The maximum absolute atomic E-state index is 12.1. The molecule has 1 rings (SSSR count). The van der Waals surface area contributed by atoms with Gasteiger partial charge >= 0.3 is 12.1 Å². The van der Waals surface area contributed by atoms with Crippen LogP contribution in [0.2, 0.25) is 0 Å². The molecule has 29 heavy (non-hydrogen) atoms. The molecule has 0 aliphatic heterocycles. The van der Waals surface area contributed by atoms with Gasteiger partial charge in [-0.1, -0.05) is 6.92 Å². The van der Waals surface area contributed by atoms with E-state index in [1.165, 1.54) is 0 Å². The Balaban J connectivity index is 0.00000245. The molecule has 0 aliphatic carbocycles. The van der Waals surface area contributed by atoms with Crippen molar-refractivity contribution in [3.8, 4) is 11.5 Å². The predicted octanol–water partition coefficient (Wildman–Crippen LogP) is 2.59. The summed E-state index contributed by atoms with van der Waals surface area (Å²) < 4.78 is 21.6. The zero-order chi connectivity index (χ0) is 22.3. The minimum atomic E-state index is -1.00. The molecule has 9 heteroatoms. The highest BCUT2D eigenvalue weighted by Gasteiger charge is 2.38. The van der Waals surface area contributed by atoms with Crippen LogP contribution in [-0.4, -0.2) is 57.2 Å². The second-order valence-corrected chi connectivity index (χ2v) is 6.99. The first-order chi connectivity index (χ1) is 13.9. The van der Waals surface area contributed by atoms with E-state index in [4.69, 9.17) is 28.5 Å². The van der Waals surface area contributed by atoms with E-state index in [0.717, 1.165) is 22.6 Å². The molecule has 0 aliphatic rings. The van der Waals surface area contributed by atoms with Gasteiger partial charge in [-0.15, -0.1) is 11.8 Å². The predicted molar refractivity (Wildman–Crippen MR) is 108 cm³/mol. The van der Waals surface area contributed by atoms with E-state index in [2.05, 4.69) is 0 Å². The molecule has 1 aromatic carbocycles. The van der Waals surface area contributed by atoms with Crippen LogP contribution in [0.3, 0.4) is 0 Å². The van der Waals surface area contributed by atoms with E-state index in [-0.39, 0.29) is 26.0 Å². The summed E-state index contributed by atoms with van der Waals surface area (Å²) in [6.45, 7) is 5.67. The third-order valence-electron chi connectivity index (χ3n) is 4.23. The van der Waals surface area contributed by atoms with Crippen molar-refractivity contribution in [3.05, 3.63) is 23.3 Å². The molecule has 1 unspecified atom stereocenters. The van der Waals surface area contributed by atoms with Gasteiger partial charge in [0.25, 0.3) is 0 Å². The molecule has 0 saturated heterocycles. The van der Waals surface area contributed by atoms with Crippen molar-refractivity contribution in [2.45, 2.75) is 32.9 Å². The maximum Gasteiger partial charge on any atom is 0.373 e. The molecular weight excluding hydrogens is 400 g/mol. The Kier molecular flexibility index (Phi) is 13.8. The molecule has 8 nitrogen and oxygen atoms in total. The van der Waals surface area contributed by atoms with Gasteiger partial charge in [0.05, 0.1) is 40.0 Å². The fourth-order valence-corrected chi connectivity index (χ4v) is 3.28. The van der Waals surface area contributed by atoms with Gasteiger partial charge in [0.15, 0.2) is 0 Å². The average molecular weight is 431 g/mol. The Bertz CT molecular complexity index is 627. The third kappa shape index (κ3) is 8.45. The van der Waals surface area contributed by atoms with Gasteiger partial charge in [-0.05, 0) is 38.0 Å². The number of esters is 1. The van der Waals surface area contributed by atoms with Gasteiger partial charge in [0.1, 0.15) is 16.9 Å². The Hall–Kier alpha value is -2.06. The van der Waals surface area contributed by atoms with Crippen LogP contribution < -0.4 is 9.47 Å². The van der Waals surface area contributed by atoms with E-state index in [9.17, 15) is 9.90 Å². The molecule has 0 amide bonds. The Morgan fingerprint density at radius 1 is 1.17 bits per heavy atom. The topological polar surface area (TPSA) is 108 Å². The molecule has 0 heterocycles. The number of aryl methyl sites for hydroxylation is 1. The molecule has 1 N–H and O–H groups in total. The van der Waals surface area contributed by atoms with Crippen molar-refractivity contribution in [1.82, 2.24) is 0 Å². The van der Waals surface area contributed by atoms with E-state index < -0.39 is 11.4 Å². The second-order valence-electron chi connectivity index (χ2n) is 6.06. The molecule has 0 saturated carbocycles. The third-order valence-corrected chi connectivity index (χ3v) is 5.06. The van der Waals surface area contributed by atoms with Gasteiger partial charge in [-0.25, -0.2) is 0 Å². The monoisotopic (exact) mass is 430 g/mol. The minimum absolute atomic E-state index is 0.119. The van der Waals surface area contributed by atoms with Crippen LogP contribution in [0.1, 0.15) is 31.4 Å². The van der Waals surface area contributed by atoms with Crippen molar-refractivity contribution in [1.29, 1.82) is 0 Å². The number of rotatable bonds is 12.